The number of hydrogen-bond donors (Lipinski definition) is 6. The zero-order chi connectivity index (χ0) is 73.3. The molecule has 2 aromatic carbocycles. The zero-order valence-corrected chi connectivity index (χ0v) is 58.8. The number of alkyl carbamates (subject to hydrolysis) is 1. The maximum atomic E-state index is 14.1. The van der Waals surface area contributed by atoms with Crippen LogP contribution in [0.1, 0.15) is 89.0 Å². The molecule has 4 rings (SSSR count). The van der Waals surface area contributed by atoms with Crippen LogP contribution in [0.4, 0.5) is 20.1 Å². The first-order valence-electron chi connectivity index (χ1n) is 33.9. The topological polar surface area (TPSA) is 393 Å². The van der Waals surface area contributed by atoms with Gasteiger partial charge in [0.2, 0.25) is 23.6 Å². The van der Waals surface area contributed by atoms with Crippen LogP contribution in [0.5, 0.6) is 0 Å². The van der Waals surface area contributed by atoms with Crippen molar-refractivity contribution in [2.45, 2.75) is 116 Å². The van der Waals surface area contributed by atoms with Crippen molar-refractivity contribution < 1.29 is 105 Å². The predicted molar refractivity (Wildman–Crippen MR) is 363 cm³/mol. The Bertz CT molecular complexity index is 2950. The van der Waals surface area contributed by atoms with Gasteiger partial charge >= 0.3 is 18.3 Å². The predicted octanol–water partition coefficient (Wildman–Crippen LogP) is 2.65. The fraction of sp³-hybridized carbons (Fsp3) is 0.618. The van der Waals surface area contributed by atoms with E-state index in [0.29, 0.717) is 148 Å². The number of amides is 9. The summed E-state index contributed by atoms with van der Waals surface area (Å²) in [6.07, 6.45) is 5.63. The third-order valence-electron chi connectivity index (χ3n) is 14.4. The van der Waals surface area contributed by atoms with Crippen LogP contribution in [0.3, 0.4) is 0 Å². The molecule has 0 radical (unpaired) electrons. The van der Waals surface area contributed by atoms with E-state index in [4.69, 9.17) is 57.2 Å². The Morgan fingerprint density at radius 1 is 0.564 bits per heavy atom. The first-order valence-corrected chi connectivity index (χ1v) is 33.9. The molecule has 9 amide bonds. The molecule has 3 aromatic rings. The lowest BCUT2D eigenvalue weighted by atomic mass is 10.0. The maximum absolute atomic E-state index is 14.1. The molecule has 6 N–H and O–H groups in total. The van der Waals surface area contributed by atoms with Crippen LogP contribution >= 0.6 is 0 Å². The van der Waals surface area contributed by atoms with Crippen LogP contribution < -0.4 is 26.6 Å². The highest BCUT2D eigenvalue weighted by atomic mass is 16.6. The maximum Gasteiger partial charge on any atom is 0.409 e. The molecule has 2 heterocycles. The second-order valence-electron chi connectivity index (χ2n) is 24.0. The van der Waals surface area contributed by atoms with E-state index in [1.54, 1.807) is 55.9 Å². The minimum Gasteiger partial charge on any atom is -0.445 e. The molecule has 1 aromatic heterocycles. The number of aromatic nitrogens is 3. The lowest BCUT2D eigenvalue weighted by molar-refractivity contribution is -0.137. The van der Waals surface area contributed by atoms with E-state index in [0.717, 1.165) is 12.0 Å². The highest BCUT2D eigenvalue weighted by Gasteiger charge is 2.28. The number of likely N-dealkylation sites (N-methyl/N-ethyl adjacent to an activating group) is 2. The van der Waals surface area contributed by atoms with Crippen LogP contribution in [0.15, 0.2) is 72.9 Å². The van der Waals surface area contributed by atoms with Crippen molar-refractivity contribution in [2.75, 3.05) is 165 Å². The SMILES string of the molecule is CN(CCN(C)C(=O)OCc1ccc(NC(=O)[C@H](CCCCNC(=O)OC(C)(C)C)NC(=O)[C@H](Cc2ccccc2)NC(=O)CCOCCOCCOCCOCCOCCOCCOCCOCCn2cc(CNC(=O)CCCCCN3C(=O)C=CC3=O)nn2)cc1)C(=O)OCC(=O)CO. The van der Waals surface area contributed by atoms with E-state index < -0.39 is 72.7 Å². The summed E-state index contributed by atoms with van der Waals surface area (Å²) in [6.45, 7) is 10.9. The van der Waals surface area contributed by atoms with Gasteiger partial charge in [-0.05, 0) is 76.1 Å². The van der Waals surface area contributed by atoms with Crippen molar-refractivity contribution in [1.82, 2.24) is 51.0 Å². The lowest BCUT2D eigenvalue weighted by Crippen LogP contribution is -2.53. The van der Waals surface area contributed by atoms with Crippen LogP contribution in [0.2, 0.25) is 0 Å². The number of Topliss-reactive ketones (excluding diaryl/α,β-unsaturated/α-hetero) is 1. The highest BCUT2D eigenvalue weighted by molar-refractivity contribution is 6.12. The number of aliphatic hydroxyl groups excluding tert-OH is 1. The van der Waals surface area contributed by atoms with E-state index in [1.165, 1.54) is 40.9 Å². The highest BCUT2D eigenvalue weighted by Crippen LogP contribution is 2.15. The van der Waals surface area contributed by atoms with Gasteiger partial charge in [-0.25, -0.2) is 19.1 Å². The number of ketones is 1. The molecule has 562 valence electrons. The number of hydrogen-bond acceptors (Lipinski definition) is 24. The van der Waals surface area contributed by atoms with Crippen LogP contribution in [-0.4, -0.2) is 271 Å². The first kappa shape index (κ1) is 84.9. The van der Waals surface area contributed by atoms with E-state index >= 15 is 0 Å². The Labute approximate surface area is 589 Å². The summed E-state index contributed by atoms with van der Waals surface area (Å²) < 4.78 is 61.8. The van der Waals surface area contributed by atoms with E-state index in [-0.39, 0.29) is 89.6 Å². The number of imide groups is 1. The summed E-state index contributed by atoms with van der Waals surface area (Å²) in [5.74, 6) is -2.95. The van der Waals surface area contributed by atoms with Crippen molar-refractivity contribution in [3.05, 3.63) is 89.8 Å². The number of ether oxygens (including phenoxy) is 11. The number of carbonyl (C=O) groups excluding carboxylic acids is 10. The van der Waals surface area contributed by atoms with Crippen molar-refractivity contribution >= 4 is 65.2 Å². The summed E-state index contributed by atoms with van der Waals surface area (Å²) in [7, 11) is 2.91. The molecule has 0 bridgehead atoms. The van der Waals surface area contributed by atoms with Gasteiger partial charge in [-0.2, -0.15) is 0 Å². The minimum atomic E-state index is -1.07. The van der Waals surface area contributed by atoms with Gasteiger partial charge in [-0.15, -0.1) is 5.10 Å². The monoisotopic (exact) mass is 1430 g/mol. The van der Waals surface area contributed by atoms with Gasteiger partial charge in [0, 0.05) is 77.4 Å². The summed E-state index contributed by atoms with van der Waals surface area (Å²) in [5, 5.41) is 31.0. The molecular formula is C68H103N11O22. The molecule has 1 aliphatic rings. The summed E-state index contributed by atoms with van der Waals surface area (Å²) >= 11 is 0. The normalized spacial score (nSPS) is 12.6. The quantitative estimate of drug-likeness (QED) is 0.0269. The fourth-order valence-electron chi connectivity index (χ4n) is 8.95. The van der Waals surface area contributed by atoms with E-state index in [1.807, 2.05) is 30.3 Å². The lowest BCUT2D eigenvalue weighted by Gasteiger charge is -2.24. The van der Waals surface area contributed by atoms with Gasteiger partial charge in [-0.3, -0.25) is 38.5 Å². The van der Waals surface area contributed by atoms with Crippen molar-refractivity contribution in [3.8, 4) is 0 Å². The minimum absolute atomic E-state index is 0.0504. The van der Waals surface area contributed by atoms with Crippen LogP contribution in [0.25, 0.3) is 0 Å². The second-order valence-corrected chi connectivity index (χ2v) is 24.0. The molecule has 2 atom stereocenters. The van der Waals surface area contributed by atoms with Crippen LogP contribution in [0, 0.1) is 0 Å². The fourth-order valence-corrected chi connectivity index (χ4v) is 8.95. The number of nitrogens with one attached hydrogen (secondary N) is 5. The molecule has 0 saturated heterocycles. The van der Waals surface area contributed by atoms with Gasteiger partial charge in [-0.1, -0.05) is 54.1 Å². The summed E-state index contributed by atoms with van der Waals surface area (Å²) in [4.78, 5) is 129. The Kier molecular flexibility index (Phi) is 42.6. The molecule has 101 heavy (non-hydrogen) atoms. The summed E-state index contributed by atoms with van der Waals surface area (Å²) in [5.41, 5.74) is 1.67. The largest absolute Gasteiger partial charge is 0.445 e. The Morgan fingerprint density at radius 2 is 1.12 bits per heavy atom. The standard InChI is InChI=1S/C68H103N11O22/c1-68(2,3)101-65(88)69-25-12-11-16-57(63(86)71-54-20-18-53(19-21-54)50-99-66(89)76(4)27-28-77(5)67(90)100-51-56(81)49-80)73-64(87)58(46-52-14-8-6-9-15-52)72-60(83)24-30-91-32-34-93-36-38-95-40-42-97-44-45-98-43-41-96-39-37-94-35-33-92-31-29-78-48-55(74-75-78)47-70-59(82)17-10-7-13-26-79-61(84)22-23-62(79)85/h6,8-9,14-15,18-23,48,57-58,80H,7,10-13,16-17,24-47,49-51H2,1-5H3,(H,69,88)(H,70,82)(H,71,86)(H,72,83)(H,73,87)/t57-,58-/m0/s1. The molecule has 33 heteroatoms. The number of aliphatic hydroxyl groups is 1. The third kappa shape index (κ3) is 39.9. The number of benzene rings is 2. The number of anilines is 1. The Hall–Kier alpha value is -8.54. The van der Waals surface area contributed by atoms with E-state index in [2.05, 4.69) is 36.9 Å². The van der Waals surface area contributed by atoms with Crippen molar-refractivity contribution in [3.63, 3.8) is 0 Å². The molecule has 0 aliphatic carbocycles. The third-order valence-corrected chi connectivity index (χ3v) is 14.4. The molecule has 33 nitrogen and oxygen atoms in total. The second kappa shape index (κ2) is 50.7. The Balaban J connectivity index is 1.02. The van der Waals surface area contributed by atoms with Crippen LogP contribution in [-0.2, 0) is 112 Å². The Morgan fingerprint density at radius 3 is 1.68 bits per heavy atom. The number of carbonyl (C=O) groups is 10. The molecule has 0 saturated carbocycles. The van der Waals surface area contributed by atoms with Gasteiger partial charge in [0.1, 0.15) is 36.6 Å². The molecule has 0 fully saturated rings. The average molecular weight is 1430 g/mol. The molecule has 0 spiro atoms. The van der Waals surface area contributed by atoms with Crippen molar-refractivity contribution in [2.24, 2.45) is 0 Å². The molecule has 0 unspecified atom stereocenters. The average Bonchev–Trinajstić information content (AvgIpc) is 1.84. The van der Waals surface area contributed by atoms with Gasteiger partial charge in [0.15, 0.2) is 12.4 Å². The van der Waals surface area contributed by atoms with Gasteiger partial charge in [0.25, 0.3) is 11.8 Å². The molecular weight excluding hydrogens is 1320 g/mol. The smallest absolute Gasteiger partial charge is 0.409 e. The van der Waals surface area contributed by atoms with E-state index in [9.17, 15) is 47.9 Å². The number of unbranched alkanes of at least 4 members (excludes halogenated alkanes) is 3. The summed E-state index contributed by atoms with van der Waals surface area (Å²) in [6, 6.07) is 13.5. The van der Waals surface area contributed by atoms with Gasteiger partial charge < -0.3 is 93.6 Å². The van der Waals surface area contributed by atoms with Crippen molar-refractivity contribution in [1.29, 1.82) is 0 Å². The van der Waals surface area contributed by atoms with Gasteiger partial charge in [0.05, 0.1) is 125 Å². The zero-order valence-electron chi connectivity index (χ0n) is 58.8. The first-order chi connectivity index (χ1) is 48.7. The number of rotatable bonds is 55. The molecule has 1 aliphatic heterocycles. The number of nitrogens with zero attached hydrogens (tertiary/aromatic N) is 6.